The predicted molar refractivity (Wildman–Crippen MR) is 129 cm³/mol. The molecule has 0 aliphatic heterocycles. The summed E-state index contributed by atoms with van der Waals surface area (Å²) in [5, 5.41) is 33.2. The average Bonchev–Trinajstić information content (AvgIpc) is 2.82. The van der Waals surface area contributed by atoms with Crippen LogP contribution in [0.3, 0.4) is 0 Å². The van der Waals surface area contributed by atoms with Crippen molar-refractivity contribution in [2.24, 2.45) is 0 Å². The molecule has 0 radical (unpaired) electrons. The highest BCUT2D eigenvalue weighted by Crippen LogP contribution is 2.45. The van der Waals surface area contributed by atoms with Crippen molar-refractivity contribution in [2.45, 2.75) is 5.92 Å². The van der Waals surface area contributed by atoms with Gasteiger partial charge < -0.3 is 28.9 Å². The van der Waals surface area contributed by atoms with Crippen LogP contribution >= 0.6 is 11.6 Å². The number of hydrogen-bond donors (Lipinski definition) is 3. The quantitative estimate of drug-likeness (QED) is 0.303. The zero-order valence-electron chi connectivity index (χ0n) is 18.1. The van der Waals surface area contributed by atoms with Crippen molar-refractivity contribution in [1.29, 1.82) is 0 Å². The Kier molecular flexibility index (Phi) is 5.37. The van der Waals surface area contributed by atoms with Gasteiger partial charge in [-0.2, -0.15) is 0 Å². The Labute approximate surface area is 201 Å². The molecule has 5 aromatic rings. The Morgan fingerprint density at radius 3 is 1.74 bits per heavy atom. The summed E-state index contributed by atoms with van der Waals surface area (Å²) in [7, 11) is 1.31. The van der Waals surface area contributed by atoms with Gasteiger partial charge in [-0.25, -0.2) is 9.59 Å². The van der Waals surface area contributed by atoms with Crippen LogP contribution in [0.25, 0.3) is 21.9 Å². The Morgan fingerprint density at radius 2 is 1.29 bits per heavy atom. The van der Waals surface area contributed by atoms with E-state index in [-0.39, 0.29) is 55.2 Å². The highest BCUT2D eigenvalue weighted by atomic mass is 35.5. The van der Waals surface area contributed by atoms with E-state index >= 15 is 0 Å². The molecule has 0 atom stereocenters. The first-order valence-corrected chi connectivity index (χ1v) is 10.8. The Hall–Kier alpha value is -4.43. The van der Waals surface area contributed by atoms with Crippen molar-refractivity contribution in [3.63, 3.8) is 0 Å². The normalized spacial score (nSPS) is 11.4. The zero-order chi connectivity index (χ0) is 24.9. The highest BCUT2D eigenvalue weighted by molar-refractivity contribution is 6.32. The summed E-state index contributed by atoms with van der Waals surface area (Å²) in [5.41, 5.74) is -2.24. The van der Waals surface area contributed by atoms with Crippen molar-refractivity contribution in [1.82, 2.24) is 0 Å². The van der Waals surface area contributed by atoms with Crippen LogP contribution in [0.15, 0.2) is 79.1 Å². The number of methoxy groups -OCH3 is 1. The van der Waals surface area contributed by atoms with Gasteiger partial charge in [0.2, 0.25) is 0 Å². The number of aromatic hydroxyl groups is 3. The van der Waals surface area contributed by atoms with E-state index in [1.54, 1.807) is 24.3 Å². The van der Waals surface area contributed by atoms with Crippen molar-refractivity contribution in [2.75, 3.05) is 7.11 Å². The van der Waals surface area contributed by atoms with Crippen LogP contribution in [0.4, 0.5) is 0 Å². The molecule has 0 saturated carbocycles. The van der Waals surface area contributed by atoms with Crippen molar-refractivity contribution < 1.29 is 28.9 Å². The van der Waals surface area contributed by atoms with Crippen molar-refractivity contribution in [3.8, 4) is 23.0 Å². The minimum absolute atomic E-state index is 0.0261. The molecule has 3 N–H and O–H groups in total. The Bertz CT molecular complexity index is 1610. The third-order valence-electron chi connectivity index (χ3n) is 5.80. The molecule has 2 aromatic heterocycles. The molecule has 35 heavy (non-hydrogen) atoms. The van der Waals surface area contributed by atoms with Gasteiger partial charge in [-0.1, -0.05) is 35.9 Å². The standard InChI is InChI=1S/C26H17ClO8/c1-33-24-15(27)10-12(11-16(24)28)19(20-22(29)13-6-2-4-8-17(13)34-25(20)31)21-23(30)14-7-3-5-9-18(14)35-26(21)32/h2-11,19,28-30H,1H3. The lowest BCUT2D eigenvalue weighted by Gasteiger charge is -2.21. The van der Waals surface area contributed by atoms with Crippen LogP contribution in [-0.4, -0.2) is 22.4 Å². The molecule has 5 rings (SSSR count). The van der Waals surface area contributed by atoms with Gasteiger partial charge in [-0.05, 0) is 42.0 Å². The summed E-state index contributed by atoms with van der Waals surface area (Å²) >= 11 is 6.29. The minimum atomic E-state index is -1.42. The van der Waals surface area contributed by atoms with Crippen molar-refractivity contribution in [3.05, 3.63) is 103 Å². The molecule has 0 unspecified atom stereocenters. The lowest BCUT2D eigenvalue weighted by atomic mass is 9.84. The van der Waals surface area contributed by atoms with E-state index in [0.29, 0.717) is 0 Å². The van der Waals surface area contributed by atoms with E-state index in [1.165, 1.54) is 43.5 Å². The largest absolute Gasteiger partial charge is 0.507 e. The van der Waals surface area contributed by atoms with Crippen LogP contribution in [0.1, 0.15) is 22.6 Å². The highest BCUT2D eigenvalue weighted by Gasteiger charge is 2.33. The number of para-hydroxylation sites is 2. The molecule has 8 nitrogen and oxygen atoms in total. The summed E-state index contributed by atoms with van der Waals surface area (Å²) in [6.07, 6.45) is 0. The van der Waals surface area contributed by atoms with Gasteiger partial charge in [0, 0.05) is 0 Å². The van der Waals surface area contributed by atoms with Gasteiger partial charge in [0.05, 0.1) is 39.9 Å². The van der Waals surface area contributed by atoms with E-state index in [0.717, 1.165) is 0 Å². The maximum absolute atomic E-state index is 13.2. The van der Waals surface area contributed by atoms with Crippen LogP contribution in [0.2, 0.25) is 5.02 Å². The van der Waals surface area contributed by atoms with Crippen molar-refractivity contribution >= 4 is 33.5 Å². The number of benzene rings is 3. The lowest BCUT2D eigenvalue weighted by Crippen LogP contribution is -2.21. The summed E-state index contributed by atoms with van der Waals surface area (Å²) in [6.45, 7) is 0. The molecule has 0 fully saturated rings. The van der Waals surface area contributed by atoms with Crippen LogP contribution in [0, 0.1) is 0 Å². The van der Waals surface area contributed by atoms with E-state index in [4.69, 9.17) is 25.2 Å². The topological polar surface area (TPSA) is 130 Å². The van der Waals surface area contributed by atoms with Gasteiger partial charge in [0.15, 0.2) is 11.5 Å². The van der Waals surface area contributed by atoms with Gasteiger partial charge in [-0.15, -0.1) is 0 Å². The zero-order valence-corrected chi connectivity index (χ0v) is 18.9. The molecule has 2 heterocycles. The van der Waals surface area contributed by atoms with Gasteiger partial charge in [0.25, 0.3) is 0 Å². The summed E-state index contributed by atoms with van der Waals surface area (Å²) < 4.78 is 15.9. The minimum Gasteiger partial charge on any atom is -0.507 e. The molecule has 0 spiro atoms. The monoisotopic (exact) mass is 492 g/mol. The third-order valence-corrected chi connectivity index (χ3v) is 6.08. The fourth-order valence-electron chi connectivity index (χ4n) is 4.25. The first-order chi connectivity index (χ1) is 16.8. The number of ether oxygens (including phenoxy) is 1. The molecule has 0 aliphatic carbocycles. The number of halogens is 1. The maximum atomic E-state index is 13.2. The van der Waals surface area contributed by atoms with Crippen LogP contribution in [-0.2, 0) is 0 Å². The van der Waals surface area contributed by atoms with Crippen LogP contribution in [0.5, 0.6) is 23.0 Å². The molecule has 0 amide bonds. The van der Waals surface area contributed by atoms with Gasteiger partial charge >= 0.3 is 11.3 Å². The summed E-state index contributed by atoms with van der Waals surface area (Å²) in [6, 6.07) is 15.2. The number of phenolic OH excluding ortho intramolecular Hbond substituents is 1. The smallest absolute Gasteiger partial charge is 0.344 e. The predicted octanol–water partition coefficient (Wildman–Crippen LogP) is 4.86. The van der Waals surface area contributed by atoms with Gasteiger partial charge in [-0.3, -0.25) is 0 Å². The maximum Gasteiger partial charge on any atom is 0.344 e. The summed E-state index contributed by atoms with van der Waals surface area (Å²) in [5.74, 6) is -2.75. The third kappa shape index (κ3) is 3.55. The fraction of sp³-hybridized carbons (Fsp3) is 0.0769. The first-order valence-electron chi connectivity index (χ1n) is 10.4. The molecule has 9 heteroatoms. The van der Waals surface area contributed by atoms with E-state index in [9.17, 15) is 24.9 Å². The van der Waals surface area contributed by atoms with E-state index < -0.39 is 28.7 Å². The second kappa shape index (κ2) is 8.41. The Balaban J connectivity index is 1.93. The molecule has 0 aliphatic rings. The summed E-state index contributed by atoms with van der Waals surface area (Å²) in [4.78, 5) is 26.3. The second-order valence-electron chi connectivity index (χ2n) is 7.78. The molecular formula is C26H17ClO8. The average molecular weight is 493 g/mol. The Morgan fingerprint density at radius 1 is 0.800 bits per heavy atom. The van der Waals surface area contributed by atoms with E-state index in [2.05, 4.69) is 0 Å². The lowest BCUT2D eigenvalue weighted by molar-refractivity contribution is 0.373. The molecule has 176 valence electrons. The molecule has 3 aromatic carbocycles. The molecule has 0 bridgehead atoms. The number of rotatable bonds is 4. The number of phenols is 1. The number of fused-ring (bicyclic) bond motifs is 2. The molecular weight excluding hydrogens is 476 g/mol. The van der Waals surface area contributed by atoms with Gasteiger partial charge in [0.1, 0.15) is 22.7 Å². The fourth-order valence-corrected chi connectivity index (χ4v) is 4.55. The molecule has 0 saturated heterocycles. The van der Waals surface area contributed by atoms with E-state index in [1.807, 2.05) is 0 Å². The second-order valence-corrected chi connectivity index (χ2v) is 8.19. The number of hydrogen-bond acceptors (Lipinski definition) is 8. The van der Waals surface area contributed by atoms with Crippen LogP contribution < -0.4 is 16.0 Å². The SMILES string of the molecule is COc1c(O)cc(C(c2c(O)c3ccccc3oc2=O)c2c(O)c3ccccc3oc2=O)cc1Cl. The first kappa shape index (κ1) is 22.4.